The summed E-state index contributed by atoms with van der Waals surface area (Å²) in [5.74, 6) is 1.21. The minimum Gasteiger partial charge on any atom is -0.355 e. The van der Waals surface area contributed by atoms with Gasteiger partial charge in [-0.15, -0.1) is 10.2 Å². The Hall–Kier alpha value is -2.05. The Morgan fingerprint density at radius 1 is 1.04 bits per heavy atom. The van der Waals surface area contributed by atoms with Crippen molar-refractivity contribution in [3.8, 4) is 11.4 Å². The van der Waals surface area contributed by atoms with Crippen LogP contribution >= 0.6 is 0 Å². The second kappa shape index (κ2) is 6.11. The first-order valence-electron chi connectivity index (χ1n) is 8.46. The molecule has 126 valence electrons. The molecule has 1 aromatic carbocycles. The van der Waals surface area contributed by atoms with Crippen LogP contribution in [0.25, 0.3) is 11.4 Å². The molecule has 2 aromatic rings. The predicted octanol–water partition coefficient (Wildman–Crippen LogP) is 2.50. The largest absolute Gasteiger partial charge is 0.355 e. The van der Waals surface area contributed by atoms with Crippen LogP contribution in [0.5, 0.6) is 0 Å². The fourth-order valence-electron chi connectivity index (χ4n) is 3.42. The lowest BCUT2D eigenvalue weighted by Gasteiger charge is -2.38. The van der Waals surface area contributed by atoms with Gasteiger partial charge in [-0.05, 0) is 19.9 Å². The number of nitrogens with zero attached hydrogens (tertiary/aromatic N) is 4. The van der Waals surface area contributed by atoms with E-state index in [1.54, 1.807) is 0 Å². The molecule has 2 fully saturated rings. The van der Waals surface area contributed by atoms with E-state index in [4.69, 9.17) is 14.5 Å². The van der Waals surface area contributed by atoms with Crippen molar-refractivity contribution in [2.45, 2.75) is 32.5 Å². The molecule has 0 atom stereocenters. The third-order valence-corrected chi connectivity index (χ3v) is 4.74. The van der Waals surface area contributed by atoms with Gasteiger partial charge >= 0.3 is 0 Å². The van der Waals surface area contributed by atoms with Crippen molar-refractivity contribution in [2.75, 3.05) is 31.2 Å². The summed E-state index contributed by atoms with van der Waals surface area (Å²) < 4.78 is 11.6. The van der Waals surface area contributed by atoms with Gasteiger partial charge in [-0.2, -0.15) is 0 Å². The number of benzene rings is 1. The molecule has 2 saturated heterocycles. The second-order valence-electron chi connectivity index (χ2n) is 6.51. The van der Waals surface area contributed by atoms with Crippen LogP contribution in [0.2, 0.25) is 0 Å². The minimum absolute atomic E-state index is 0.371. The lowest BCUT2D eigenvalue weighted by molar-refractivity contribution is -0.169. The first kappa shape index (κ1) is 15.5. The summed E-state index contributed by atoms with van der Waals surface area (Å²) in [7, 11) is 0. The summed E-state index contributed by atoms with van der Waals surface area (Å²) >= 11 is 0. The van der Waals surface area contributed by atoms with Gasteiger partial charge in [-0.3, -0.25) is 0 Å². The smallest absolute Gasteiger partial charge is 0.183 e. The van der Waals surface area contributed by atoms with Crippen molar-refractivity contribution in [1.29, 1.82) is 0 Å². The highest BCUT2D eigenvalue weighted by Crippen LogP contribution is 2.33. The van der Waals surface area contributed by atoms with E-state index in [1.807, 2.05) is 19.1 Å². The molecular weight excluding hydrogens is 304 g/mol. The van der Waals surface area contributed by atoms with Crippen molar-refractivity contribution in [3.63, 3.8) is 0 Å². The molecule has 3 heterocycles. The zero-order valence-electron chi connectivity index (χ0n) is 14.2. The highest BCUT2D eigenvalue weighted by molar-refractivity contribution is 5.58. The van der Waals surface area contributed by atoms with E-state index in [0.717, 1.165) is 43.0 Å². The Morgan fingerprint density at radius 3 is 2.50 bits per heavy atom. The molecule has 1 spiro atoms. The third kappa shape index (κ3) is 2.87. The second-order valence-corrected chi connectivity index (χ2v) is 6.51. The molecule has 0 bridgehead atoms. The van der Waals surface area contributed by atoms with Crippen LogP contribution < -0.4 is 4.90 Å². The van der Waals surface area contributed by atoms with E-state index in [9.17, 15) is 0 Å². The average Bonchev–Trinajstić information content (AvgIpc) is 3.04. The number of aryl methyl sites for hydroxylation is 2. The van der Waals surface area contributed by atoms with Crippen LogP contribution in [0.3, 0.4) is 0 Å². The van der Waals surface area contributed by atoms with E-state index < -0.39 is 0 Å². The van der Waals surface area contributed by atoms with Crippen LogP contribution in [0.1, 0.15) is 24.1 Å². The number of ether oxygens (including phenoxy) is 2. The van der Waals surface area contributed by atoms with Crippen molar-refractivity contribution in [1.82, 2.24) is 15.2 Å². The molecule has 0 N–H and O–H groups in total. The maximum absolute atomic E-state index is 5.80. The molecular formula is C18H22N4O2. The fraction of sp³-hybridized carbons (Fsp3) is 0.500. The first-order chi connectivity index (χ1) is 11.7. The number of anilines is 1. The Bertz CT molecular complexity index is 734. The topological polar surface area (TPSA) is 60.4 Å². The molecule has 0 saturated carbocycles. The van der Waals surface area contributed by atoms with Gasteiger partial charge in [0.05, 0.1) is 13.2 Å². The Kier molecular flexibility index (Phi) is 3.94. The molecule has 6 nitrogen and oxygen atoms in total. The van der Waals surface area contributed by atoms with Gasteiger partial charge in [0.15, 0.2) is 17.4 Å². The van der Waals surface area contributed by atoms with Crippen molar-refractivity contribution in [2.24, 2.45) is 0 Å². The van der Waals surface area contributed by atoms with Crippen LogP contribution in [-0.2, 0) is 9.47 Å². The highest BCUT2D eigenvalue weighted by atomic mass is 16.7. The van der Waals surface area contributed by atoms with E-state index in [2.05, 4.69) is 34.2 Å². The van der Waals surface area contributed by atoms with Crippen LogP contribution in [-0.4, -0.2) is 47.3 Å². The molecule has 6 heteroatoms. The Morgan fingerprint density at radius 2 is 1.79 bits per heavy atom. The number of rotatable bonds is 2. The lowest BCUT2D eigenvalue weighted by atomic mass is 10.0. The number of hydrogen-bond acceptors (Lipinski definition) is 6. The van der Waals surface area contributed by atoms with Gasteiger partial charge in [0.2, 0.25) is 0 Å². The molecule has 1 aromatic heterocycles. The quantitative estimate of drug-likeness (QED) is 0.845. The number of aromatic nitrogens is 3. The maximum Gasteiger partial charge on any atom is 0.183 e. The average molecular weight is 326 g/mol. The van der Waals surface area contributed by atoms with Gasteiger partial charge in [-0.1, -0.05) is 23.8 Å². The summed E-state index contributed by atoms with van der Waals surface area (Å²) in [4.78, 5) is 7.06. The zero-order chi connectivity index (χ0) is 16.6. The summed E-state index contributed by atoms with van der Waals surface area (Å²) in [6.45, 7) is 7.14. The van der Waals surface area contributed by atoms with Gasteiger partial charge in [0.1, 0.15) is 5.69 Å². The molecule has 0 unspecified atom stereocenters. The molecule has 0 radical (unpaired) electrons. The van der Waals surface area contributed by atoms with E-state index in [1.165, 1.54) is 5.56 Å². The highest BCUT2D eigenvalue weighted by Gasteiger charge is 2.40. The lowest BCUT2D eigenvalue weighted by Crippen LogP contribution is -2.45. The summed E-state index contributed by atoms with van der Waals surface area (Å²) in [6.07, 6.45) is 1.71. The predicted molar refractivity (Wildman–Crippen MR) is 90.8 cm³/mol. The van der Waals surface area contributed by atoms with Crippen molar-refractivity contribution < 1.29 is 9.47 Å². The minimum atomic E-state index is -0.371. The van der Waals surface area contributed by atoms with Gasteiger partial charge < -0.3 is 14.4 Å². The SMILES string of the molecule is Cc1cccc(-c2nnc(C)c(N3CCC4(CC3)OCCO4)n2)c1. The molecule has 0 aliphatic carbocycles. The molecule has 2 aliphatic heterocycles. The van der Waals surface area contributed by atoms with E-state index in [0.29, 0.717) is 19.0 Å². The number of hydrogen-bond donors (Lipinski definition) is 0. The van der Waals surface area contributed by atoms with Crippen LogP contribution in [0, 0.1) is 13.8 Å². The maximum atomic E-state index is 5.80. The summed E-state index contributed by atoms with van der Waals surface area (Å²) in [6, 6.07) is 8.20. The van der Waals surface area contributed by atoms with E-state index >= 15 is 0 Å². The van der Waals surface area contributed by atoms with Crippen molar-refractivity contribution >= 4 is 5.82 Å². The Balaban J connectivity index is 1.58. The monoisotopic (exact) mass is 326 g/mol. The summed E-state index contributed by atoms with van der Waals surface area (Å²) in [5.41, 5.74) is 3.05. The zero-order valence-corrected chi connectivity index (χ0v) is 14.2. The third-order valence-electron chi connectivity index (χ3n) is 4.74. The summed E-state index contributed by atoms with van der Waals surface area (Å²) in [5, 5.41) is 8.61. The van der Waals surface area contributed by atoms with Crippen LogP contribution in [0.4, 0.5) is 5.82 Å². The van der Waals surface area contributed by atoms with Gasteiger partial charge in [-0.25, -0.2) is 4.98 Å². The Labute approximate surface area is 141 Å². The standard InChI is InChI=1S/C18H22N4O2/c1-13-4-3-5-15(12-13)16-19-17(14(2)20-21-16)22-8-6-18(7-9-22)23-10-11-24-18/h3-5,12H,6-11H2,1-2H3. The molecule has 4 rings (SSSR count). The normalized spacial score (nSPS) is 19.8. The van der Waals surface area contributed by atoms with Gasteiger partial charge in [0.25, 0.3) is 0 Å². The van der Waals surface area contributed by atoms with E-state index in [-0.39, 0.29) is 5.79 Å². The van der Waals surface area contributed by atoms with Crippen molar-refractivity contribution in [3.05, 3.63) is 35.5 Å². The molecule has 2 aliphatic rings. The molecule has 24 heavy (non-hydrogen) atoms. The first-order valence-corrected chi connectivity index (χ1v) is 8.46. The van der Waals surface area contributed by atoms with Crippen LogP contribution in [0.15, 0.2) is 24.3 Å². The number of piperidine rings is 1. The fourth-order valence-corrected chi connectivity index (χ4v) is 3.42. The van der Waals surface area contributed by atoms with Gasteiger partial charge in [0, 0.05) is 31.5 Å². The molecule has 0 amide bonds.